The van der Waals surface area contributed by atoms with Crippen LogP contribution in [0, 0.1) is 0 Å². The molecule has 31 heavy (non-hydrogen) atoms. The van der Waals surface area contributed by atoms with E-state index in [1.807, 2.05) is 0 Å². The van der Waals surface area contributed by atoms with Crippen LogP contribution < -0.4 is 10.1 Å². The number of likely N-dealkylation sites (N-methyl/N-ethyl adjacent to an activating group) is 1. The molecular weight excluding hydrogens is 411 g/mol. The topological polar surface area (TPSA) is 93.0 Å². The van der Waals surface area contributed by atoms with Gasteiger partial charge in [0.05, 0.1) is 5.69 Å². The fourth-order valence-corrected chi connectivity index (χ4v) is 2.82. The van der Waals surface area contributed by atoms with Crippen LogP contribution in [-0.2, 0) is 6.42 Å². The number of rotatable bonds is 9. The van der Waals surface area contributed by atoms with E-state index in [1.165, 1.54) is 24.8 Å². The molecular formula is C21H22F3N5O2. The minimum absolute atomic E-state index is 0.0867. The largest absolute Gasteiger partial charge is 0.491 e. The normalized spacial score (nSPS) is 12.5. The molecule has 0 aliphatic rings. The average molecular weight is 433 g/mol. The summed E-state index contributed by atoms with van der Waals surface area (Å²) in [4.78, 5) is 16.7. The van der Waals surface area contributed by atoms with E-state index in [2.05, 4.69) is 25.3 Å². The van der Waals surface area contributed by atoms with E-state index < -0.39 is 18.7 Å². The summed E-state index contributed by atoms with van der Waals surface area (Å²) in [6.07, 6.45) is -1.79. The molecule has 1 atom stereocenters. The molecule has 0 saturated carbocycles. The zero-order valence-corrected chi connectivity index (χ0v) is 16.8. The molecule has 0 amide bonds. The van der Waals surface area contributed by atoms with Crippen LogP contribution in [0.2, 0.25) is 0 Å². The molecule has 0 saturated heterocycles. The molecule has 0 bridgehead atoms. The van der Waals surface area contributed by atoms with Crippen LogP contribution in [0.25, 0.3) is 22.6 Å². The number of aryl methyl sites for hydroxylation is 1. The van der Waals surface area contributed by atoms with Crippen molar-refractivity contribution in [2.75, 3.05) is 20.2 Å². The first-order valence-corrected chi connectivity index (χ1v) is 9.60. The molecule has 2 heterocycles. The molecule has 0 aliphatic carbocycles. The van der Waals surface area contributed by atoms with Crippen LogP contribution in [0.5, 0.6) is 5.75 Å². The zero-order valence-electron chi connectivity index (χ0n) is 16.8. The molecule has 1 aromatic carbocycles. The van der Waals surface area contributed by atoms with Gasteiger partial charge in [-0.15, -0.1) is 0 Å². The Kier molecular flexibility index (Phi) is 7.48. The maximum atomic E-state index is 12.7. The van der Waals surface area contributed by atoms with Crippen LogP contribution in [0.1, 0.15) is 12.1 Å². The van der Waals surface area contributed by atoms with Crippen molar-refractivity contribution in [2.45, 2.75) is 25.1 Å². The lowest BCUT2D eigenvalue weighted by molar-refractivity contribution is -0.134. The zero-order chi connectivity index (χ0) is 22.3. The van der Waals surface area contributed by atoms with Gasteiger partial charge in [0.15, 0.2) is 5.82 Å². The molecule has 0 aliphatic heterocycles. The van der Waals surface area contributed by atoms with Crippen molar-refractivity contribution < 1.29 is 23.0 Å². The number of hydrogen-bond acceptors (Lipinski definition) is 7. The van der Waals surface area contributed by atoms with Gasteiger partial charge in [0, 0.05) is 42.2 Å². The number of nitrogens with one attached hydrogen (secondary N) is 1. The fraction of sp³-hybridized carbons (Fsp3) is 0.333. The minimum Gasteiger partial charge on any atom is -0.491 e. The predicted octanol–water partition coefficient (Wildman–Crippen LogP) is 3.05. The predicted molar refractivity (Wildman–Crippen MR) is 108 cm³/mol. The second kappa shape index (κ2) is 10.3. The number of alkyl halides is 3. The number of hydrogen-bond donors (Lipinski definition) is 2. The van der Waals surface area contributed by atoms with E-state index in [0.717, 1.165) is 0 Å². The maximum absolute atomic E-state index is 12.7. The van der Waals surface area contributed by atoms with E-state index >= 15 is 0 Å². The van der Waals surface area contributed by atoms with Gasteiger partial charge in [-0.3, -0.25) is 0 Å². The van der Waals surface area contributed by atoms with Crippen molar-refractivity contribution in [3.63, 3.8) is 0 Å². The number of aliphatic hydroxyl groups excluding tert-OH is 1. The van der Waals surface area contributed by atoms with Gasteiger partial charge in [-0.25, -0.2) is 19.9 Å². The van der Waals surface area contributed by atoms with E-state index in [1.54, 1.807) is 31.3 Å². The highest BCUT2D eigenvalue weighted by Gasteiger charge is 2.27. The molecule has 7 nitrogen and oxygen atoms in total. The smallest absolute Gasteiger partial charge is 0.389 e. The Balaban J connectivity index is 1.91. The van der Waals surface area contributed by atoms with Crippen LogP contribution in [0.3, 0.4) is 0 Å². The van der Waals surface area contributed by atoms with Gasteiger partial charge in [0.25, 0.3) is 0 Å². The van der Waals surface area contributed by atoms with Gasteiger partial charge in [0.2, 0.25) is 0 Å². The average Bonchev–Trinajstić information content (AvgIpc) is 2.77. The summed E-state index contributed by atoms with van der Waals surface area (Å²) in [5.74, 6) is 0.751. The summed E-state index contributed by atoms with van der Waals surface area (Å²) in [6, 6.07) is 8.38. The van der Waals surface area contributed by atoms with Gasteiger partial charge in [-0.05, 0) is 31.7 Å². The van der Waals surface area contributed by atoms with Crippen molar-refractivity contribution >= 4 is 0 Å². The van der Waals surface area contributed by atoms with Crippen molar-refractivity contribution in [1.29, 1.82) is 0 Å². The SMILES string of the molecule is CNCC(O)COc1cccc(-c2nc(CCC(F)(F)F)cc(-c3cncnc3)n2)c1. The number of halogens is 3. The van der Waals surface area contributed by atoms with Crippen molar-refractivity contribution in [3.8, 4) is 28.4 Å². The standard InChI is InChI=1S/C21H22F3N5O2/c1-25-11-17(30)12-31-18-4-2-3-14(7-18)20-28-16(5-6-21(22,23)24)8-19(29-20)15-9-26-13-27-10-15/h2-4,7-10,13,17,25,30H,5-6,11-12H2,1H3. The molecule has 0 radical (unpaired) electrons. The third kappa shape index (κ3) is 6.97. The Hall–Kier alpha value is -3.11. The van der Waals surface area contributed by atoms with Gasteiger partial charge in [-0.1, -0.05) is 12.1 Å². The molecule has 0 fully saturated rings. The Labute approximate surface area is 177 Å². The van der Waals surface area contributed by atoms with E-state index in [-0.39, 0.29) is 24.5 Å². The lowest BCUT2D eigenvalue weighted by Crippen LogP contribution is -2.29. The summed E-state index contributed by atoms with van der Waals surface area (Å²) in [5, 5.41) is 12.7. The van der Waals surface area contributed by atoms with Crippen LogP contribution in [0.15, 0.2) is 49.1 Å². The van der Waals surface area contributed by atoms with E-state index in [4.69, 9.17) is 4.74 Å². The monoisotopic (exact) mass is 433 g/mol. The molecule has 10 heteroatoms. The van der Waals surface area contributed by atoms with Crippen LogP contribution >= 0.6 is 0 Å². The molecule has 3 rings (SSSR count). The third-order valence-electron chi connectivity index (χ3n) is 4.27. The lowest BCUT2D eigenvalue weighted by atomic mass is 10.1. The fourth-order valence-electron chi connectivity index (χ4n) is 2.82. The first-order chi connectivity index (χ1) is 14.8. The number of ether oxygens (including phenoxy) is 1. The Morgan fingerprint density at radius 2 is 1.87 bits per heavy atom. The maximum Gasteiger partial charge on any atom is 0.389 e. The Morgan fingerprint density at radius 3 is 2.58 bits per heavy atom. The van der Waals surface area contributed by atoms with Crippen molar-refractivity contribution in [3.05, 3.63) is 54.7 Å². The Morgan fingerprint density at radius 1 is 1.10 bits per heavy atom. The quantitative estimate of drug-likeness (QED) is 0.536. The molecule has 1 unspecified atom stereocenters. The van der Waals surface area contributed by atoms with E-state index in [9.17, 15) is 18.3 Å². The second-order valence-corrected chi connectivity index (χ2v) is 6.86. The van der Waals surface area contributed by atoms with Crippen LogP contribution in [0.4, 0.5) is 13.2 Å². The van der Waals surface area contributed by atoms with Gasteiger partial charge >= 0.3 is 6.18 Å². The molecule has 164 valence electrons. The number of benzene rings is 1. The summed E-state index contributed by atoms with van der Waals surface area (Å²) in [7, 11) is 1.72. The summed E-state index contributed by atoms with van der Waals surface area (Å²) < 4.78 is 43.8. The summed E-state index contributed by atoms with van der Waals surface area (Å²) >= 11 is 0. The van der Waals surface area contributed by atoms with Crippen LogP contribution in [-0.4, -0.2) is 57.5 Å². The highest BCUT2D eigenvalue weighted by molar-refractivity contribution is 5.64. The van der Waals surface area contributed by atoms with Gasteiger partial charge in [0.1, 0.15) is 24.8 Å². The van der Waals surface area contributed by atoms with Gasteiger partial charge < -0.3 is 15.2 Å². The molecule has 2 aromatic heterocycles. The minimum atomic E-state index is -4.29. The second-order valence-electron chi connectivity index (χ2n) is 6.86. The lowest BCUT2D eigenvalue weighted by Gasteiger charge is -2.13. The van der Waals surface area contributed by atoms with Gasteiger partial charge in [-0.2, -0.15) is 13.2 Å². The molecule has 0 spiro atoms. The Bertz CT molecular complexity index is 986. The molecule has 2 N–H and O–H groups in total. The molecule has 3 aromatic rings. The first-order valence-electron chi connectivity index (χ1n) is 9.60. The third-order valence-corrected chi connectivity index (χ3v) is 4.27. The van der Waals surface area contributed by atoms with Crippen molar-refractivity contribution in [1.82, 2.24) is 25.3 Å². The number of aromatic nitrogens is 4. The highest BCUT2D eigenvalue weighted by atomic mass is 19.4. The van der Waals surface area contributed by atoms with E-state index in [0.29, 0.717) is 29.1 Å². The van der Waals surface area contributed by atoms with Crippen molar-refractivity contribution in [2.24, 2.45) is 0 Å². The first kappa shape index (κ1) is 22.6. The summed E-state index contributed by atoms with van der Waals surface area (Å²) in [5.41, 5.74) is 1.84. The summed E-state index contributed by atoms with van der Waals surface area (Å²) in [6.45, 7) is 0.468. The number of nitrogens with zero attached hydrogens (tertiary/aromatic N) is 4. The highest BCUT2D eigenvalue weighted by Crippen LogP contribution is 2.27. The number of aliphatic hydroxyl groups is 1.